The average Bonchev–Trinajstić information content (AvgIpc) is 3.25. The fourth-order valence-corrected chi connectivity index (χ4v) is 4.95. The Morgan fingerprint density at radius 1 is 1.32 bits per heavy atom. The van der Waals surface area contributed by atoms with Crippen molar-refractivity contribution >= 4 is 10.9 Å². The molecule has 1 saturated heterocycles. The summed E-state index contributed by atoms with van der Waals surface area (Å²) in [7, 11) is 0. The molecule has 3 atom stereocenters. The van der Waals surface area contributed by atoms with Crippen LogP contribution < -0.4 is 5.73 Å². The van der Waals surface area contributed by atoms with Crippen LogP contribution in [0.1, 0.15) is 42.0 Å². The zero-order valence-corrected chi connectivity index (χ0v) is 13.3. The monoisotopic (exact) mass is 295 g/mol. The number of hydrogen-bond donors (Lipinski definition) is 2. The summed E-state index contributed by atoms with van der Waals surface area (Å²) in [5, 5.41) is 1.50. The zero-order valence-electron chi connectivity index (χ0n) is 13.3. The summed E-state index contributed by atoms with van der Waals surface area (Å²) < 4.78 is 0. The van der Waals surface area contributed by atoms with E-state index in [1.807, 2.05) is 0 Å². The number of nitrogens with two attached hydrogens (primary N) is 1. The van der Waals surface area contributed by atoms with Gasteiger partial charge < -0.3 is 10.7 Å². The largest absolute Gasteiger partial charge is 0.358 e. The summed E-state index contributed by atoms with van der Waals surface area (Å²) in [5.41, 5.74) is 12.2. The molecule has 3 N–H and O–H groups in total. The number of H-pyrrole nitrogens is 1. The Morgan fingerprint density at radius 3 is 3.00 bits per heavy atom. The van der Waals surface area contributed by atoms with Crippen molar-refractivity contribution in [2.45, 2.75) is 50.6 Å². The lowest BCUT2D eigenvalue weighted by molar-refractivity contribution is 0.105. The van der Waals surface area contributed by atoms with Gasteiger partial charge in [-0.25, -0.2) is 0 Å². The Balaban J connectivity index is 1.62. The lowest BCUT2D eigenvalue weighted by atomic mass is 9.73. The van der Waals surface area contributed by atoms with Crippen LogP contribution in [0.4, 0.5) is 0 Å². The molecule has 1 aromatic carbocycles. The van der Waals surface area contributed by atoms with E-state index >= 15 is 0 Å². The van der Waals surface area contributed by atoms with Gasteiger partial charge in [-0.2, -0.15) is 0 Å². The normalized spacial score (nSPS) is 31.5. The third-order valence-corrected chi connectivity index (χ3v) is 6.13. The van der Waals surface area contributed by atoms with Crippen LogP contribution in [-0.4, -0.2) is 35.1 Å². The molecule has 22 heavy (non-hydrogen) atoms. The summed E-state index contributed by atoms with van der Waals surface area (Å²) in [5.74, 6) is 1.56. The first-order chi connectivity index (χ1) is 10.7. The minimum absolute atomic E-state index is 0.330. The number of hydrogen-bond acceptors (Lipinski definition) is 2. The summed E-state index contributed by atoms with van der Waals surface area (Å²) in [6, 6.07) is 7.78. The van der Waals surface area contributed by atoms with Gasteiger partial charge in [0, 0.05) is 47.7 Å². The van der Waals surface area contributed by atoms with Crippen molar-refractivity contribution < 1.29 is 0 Å². The molecule has 0 spiro atoms. The van der Waals surface area contributed by atoms with Crippen LogP contribution in [-0.2, 0) is 6.42 Å². The minimum Gasteiger partial charge on any atom is -0.358 e. The standard InChI is InChI=1S/C19H25N3/c1-11-15-8-18-16(14-3-2-4-17(21-11)19(14)15)7-13(20)10-22(18)9-12-5-6-12/h2-4,12-13,16,18,21H,5-10,20H2,1H3/t13-,16?,18+/m0/s1. The first-order valence-electron chi connectivity index (χ1n) is 8.80. The minimum atomic E-state index is 0.330. The van der Waals surface area contributed by atoms with E-state index in [0.29, 0.717) is 18.0 Å². The third-order valence-electron chi connectivity index (χ3n) is 6.13. The molecule has 3 heteroatoms. The molecule has 2 fully saturated rings. The molecule has 1 saturated carbocycles. The second-order valence-electron chi connectivity index (χ2n) is 7.77. The SMILES string of the molecule is Cc1[nH]c2cccc3c2c1C[C@@H]1C3C[C@H](N)CN1CC1CC1. The lowest BCUT2D eigenvalue weighted by Gasteiger charge is -2.46. The topological polar surface area (TPSA) is 45.1 Å². The Hall–Kier alpha value is -1.32. The Kier molecular flexibility index (Phi) is 2.74. The first kappa shape index (κ1) is 13.1. The highest BCUT2D eigenvalue weighted by Gasteiger charge is 2.41. The van der Waals surface area contributed by atoms with E-state index in [-0.39, 0.29) is 0 Å². The lowest BCUT2D eigenvalue weighted by Crippen LogP contribution is -2.54. The van der Waals surface area contributed by atoms with Crippen LogP contribution in [0.25, 0.3) is 10.9 Å². The summed E-state index contributed by atoms with van der Waals surface area (Å²) in [4.78, 5) is 6.32. The molecule has 1 aromatic heterocycles. The van der Waals surface area contributed by atoms with Gasteiger partial charge in [0.15, 0.2) is 0 Å². The highest BCUT2D eigenvalue weighted by molar-refractivity contribution is 5.89. The fraction of sp³-hybridized carbons (Fsp3) is 0.579. The van der Waals surface area contributed by atoms with Crippen molar-refractivity contribution in [2.24, 2.45) is 11.7 Å². The van der Waals surface area contributed by atoms with Crippen molar-refractivity contribution in [2.75, 3.05) is 13.1 Å². The Labute approximate surface area is 131 Å². The highest BCUT2D eigenvalue weighted by Crippen LogP contribution is 2.45. The van der Waals surface area contributed by atoms with Crippen LogP contribution in [0.3, 0.4) is 0 Å². The van der Waals surface area contributed by atoms with E-state index in [9.17, 15) is 0 Å². The number of nitrogens with one attached hydrogen (secondary N) is 1. The maximum atomic E-state index is 6.43. The first-order valence-corrected chi connectivity index (χ1v) is 8.80. The molecular weight excluding hydrogens is 270 g/mol. The van der Waals surface area contributed by atoms with Crippen LogP contribution in [0, 0.1) is 12.8 Å². The van der Waals surface area contributed by atoms with E-state index in [1.165, 1.54) is 42.4 Å². The number of benzene rings is 1. The Bertz CT molecular complexity index is 726. The molecule has 1 aliphatic heterocycles. The third kappa shape index (κ3) is 1.88. The number of piperidine rings is 1. The van der Waals surface area contributed by atoms with E-state index < -0.39 is 0 Å². The van der Waals surface area contributed by atoms with E-state index in [4.69, 9.17) is 5.73 Å². The molecule has 0 bridgehead atoms. The van der Waals surface area contributed by atoms with E-state index in [2.05, 4.69) is 35.0 Å². The van der Waals surface area contributed by atoms with Gasteiger partial charge in [-0.15, -0.1) is 0 Å². The molecule has 3 nitrogen and oxygen atoms in total. The summed E-state index contributed by atoms with van der Waals surface area (Å²) >= 11 is 0. The fourth-order valence-electron chi connectivity index (χ4n) is 4.95. The molecule has 116 valence electrons. The number of aryl methyl sites for hydroxylation is 1. The maximum absolute atomic E-state index is 6.43. The molecule has 0 amide bonds. The Morgan fingerprint density at radius 2 is 2.18 bits per heavy atom. The quantitative estimate of drug-likeness (QED) is 0.895. The molecular formula is C19H25N3. The van der Waals surface area contributed by atoms with Gasteiger partial charge >= 0.3 is 0 Å². The van der Waals surface area contributed by atoms with Gasteiger partial charge in [0.25, 0.3) is 0 Å². The van der Waals surface area contributed by atoms with Crippen molar-refractivity contribution in [3.63, 3.8) is 0 Å². The second-order valence-corrected chi connectivity index (χ2v) is 7.77. The smallest absolute Gasteiger partial charge is 0.0461 e. The van der Waals surface area contributed by atoms with Crippen LogP contribution in [0.2, 0.25) is 0 Å². The number of rotatable bonds is 2. The number of nitrogens with zero attached hydrogens (tertiary/aromatic N) is 1. The van der Waals surface area contributed by atoms with E-state index in [1.54, 1.807) is 11.1 Å². The summed E-state index contributed by atoms with van der Waals surface area (Å²) in [6.45, 7) is 4.59. The van der Waals surface area contributed by atoms with Gasteiger partial charge in [0.05, 0.1) is 0 Å². The number of fused-ring (bicyclic) bond motifs is 2. The summed E-state index contributed by atoms with van der Waals surface area (Å²) in [6.07, 6.45) is 5.20. The predicted molar refractivity (Wildman–Crippen MR) is 90.2 cm³/mol. The predicted octanol–water partition coefficient (Wildman–Crippen LogP) is 2.93. The van der Waals surface area contributed by atoms with Gasteiger partial charge in [-0.05, 0) is 55.7 Å². The molecule has 5 rings (SSSR count). The van der Waals surface area contributed by atoms with Crippen LogP contribution in [0.5, 0.6) is 0 Å². The van der Waals surface area contributed by atoms with Crippen molar-refractivity contribution in [3.8, 4) is 0 Å². The average molecular weight is 295 g/mol. The number of likely N-dealkylation sites (tertiary alicyclic amines) is 1. The zero-order chi connectivity index (χ0) is 14.8. The second kappa shape index (κ2) is 4.59. The molecule has 2 aromatic rings. The van der Waals surface area contributed by atoms with Crippen LogP contribution in [0.15, 0.2) is 18.2 Å². The molecule has 2 heterocycles. The van der Waals surface area contributed by atoms with Crippen molar-refractivity contribution in [1.29, 1.82) is 0 Å². The van der Waals surface area contributed by atoms with Gasteiger partial charge in [0.2, 0.25) is 0 Å². The number of aromatic nitrogens is 1. The molecule has 1 unspecified atom stereocenters. The molecule has 2 aliphatic carbocycles. The van der Waals surface area contributed by atoms with Crippen molar-refractivity contribution in [1.82, 2.24) is 9.88 Å². The number of aromatic amines is 1. The van der Waals surface area contributed by atoms with E-state index in [0.717, 1.165) is 18.9 Å². The van der Waals surface area contributed by atoms with Crippen LogP contribution >= 0.6 is 0 Å². The van der Waals surface area contributed by atoms with Gasteiger partial charge in [-0.3, -0.25) is 4.90 Å². The highest BCUT2D eigenvalue weighted by atomic mass is 15.2. The van der Waals surface area contributed by atoms with Crippen molar-refractivity contribution in [3.05, 3.63) is 35.0 Å². The van der Waals surface area contributed by atoms with Gasteiger partial charge in [0.1, 0.15) is 0 Å². The maximum Gasteiger partial charge on any atom is 0.0461 e. The molecule has 0 radical (unpaired) electrons. The molecule has 3 aliphatic rings. The van der Waals surface area contributed by atoms with Gasteiger partial charge in [-0.1, -0.05) is 12.1 Å².